The lowest BCUT2D eigenvalue weighted by Crippen LogP contribution is -2.48. The number of hydrogen-bond acceptors (Lipinski definition) is 3. The number of nitrogens with zero attached hydrogens (tertiary/aromatic N) is 3. The van der Waals surface area contributed by atoms with Crippen LogP contribution in [-0.2, 0) is 0 Å². The molecule has 0 aromatic carbocycles. The van der Waals surface area contributed by atoms with Gasteiger partial charge >= 0.3 is 0 Å². The maximum Gasteiger partial charge on any atom is 0.0901 e. The van der Waals surface area contributed by atoms with E-state index in [0.717, 1.165) is 31.7 Å². The van der Waals surface area contributed by atoms with Gasteiger partial charge in [-0.1, -0.05) is 0 Å². The highest BCUT2D eigenvalue weighted by Gasteiger charge is 2.11. The average Bonchev–Trinajstić information content (AvgIpc) is 2.74. The van der Waals surface area contributed by atoms with E-state index in [1.54, 1.807) is 0 Å². The molecular weight excluding hydrogens is 188 g/mol. The van der Waals surface area contributed by atoms with E-state index in [2.05, 4.69) is 38.3 Å². The number of rotatable bonds is 1. The van der Waals surface area contributed by atoms with Gasteiger partial charge in [-0.05, 0) is 18.2 Å². The Balaban J connectivity index is 2.02. The summed E-state index contributed by atoms with van der Waals surface area (Å²) in [6, 6.07) is 6.17. The minimum Gasteiger partial charge on any atom is -0.313 e. The van der Waals surface area contributed by atoms with Crippen molar-refractivity contribution in [2.75, 3.05) is 31.2 Å². The lowest BCUT2D eigenvalue weighted by atomic mass is 10.4. The van der Waals surface area contributed by atoms with Gasteiger partial charge in [0.15, 0.2) is 0 Å². The van der Waals surface area contributed by atoms with Crippen molar-refractivity contribution in [3.05, 3.63) is 30.6 Å². The maximum atomic E-state index is 4.33. The van der Waals surface area contributed by atoms with E-state index < -0.39 is 0 Å². The lowest BCUT2D eigenvalue weighted by molar-refractivity contribution is 0.500. The Morgan fingerprint density at radius 3 is 2.93 bits per heavy atom. The fourth-order valence-corrected chi connectivity index (χ4v) is 2.07. The van der Waals surface area contributed by atoms with Crippen molar-refractivity contribution < 1.29 is 0 Å². The molecule has 3 heterocycles. The molecule has 4 heteroatoms. The number of pyridine rings is 1. The Morgan fingerprint density at radius 1 is 1.20 bits per heavy atom. The molecule has 0 spiro atoms. The van der Waals surface area contributed by atoms with Crippen LogP contribution in [-0.4, -0.2) is 35.8 Å². The van der Waals surface area contributed by atoms with Gasteiger partial charge in [-0.15, -0.1) is 0 Å². The fourth-order valence-electron chi connectivity index (χ4n) is 2.07. The molecule has 0 bridgehead atoms. The van der Waals surface area contributed by atoms with E-state index in [9.17, 15) is 0 Å². The summed E-state index contributed by atoms with van der Waals surface area (Å²) in [7, 11) is 0. The molecule has 0 amide bonds. The van der Waals surface area contributed by atoms with Crippen molar-refractivity contribution in [2.24, 2.45) is 0 Å². The Kier molecular flexibility index (Phi) is 2.07. The predicted octanol–water partition coefficient (Wildman–Crippen LogP) is 0.577. The van der Waals surface area contributed by atoms with Crippen molar-refractivity contribution in [2.45, 2.75) is 0 Å². The molecule has 0 atom stereocenters. The van der Waals surface area contributed by atoms with Crippen LogP contribution in [0.5, 0.6) is 0 Å². The summed E-state index contributed by atoms with van der Waals surface area (Å²) in [6.45, 7) is 4.22. The normalized spacial score (nSPS) is 17.2. The number of aromatic nitrogens is 2. The third-order valence-corrected chi connectivity index (χ3v) is 2.83. The summed E-state index contributed by atoms with van der Waals surface area (Å²) < 4.78 is 2.21. The first-order valence-electron chi connectivity index (χ1n) is 5.33. The van der Waals surface area contributed by atoms with Gasteiger partial charge in [-0.25, -0.2) is 0 Å². The molecule has 2 aromatic rings. The highest BCUT2D eigenvalue weighted by molar-refractivity contribution is 5.75. The van der Waals surface area contributed by atoms with Crippen molar-refractivity contribution in [1.82, 2.24) is 15.0 Å². The van der Waals surface area contributed by atoms with Crippen LogP contribution in [0.1, 0.15) is 0 Å². The van der Waals surface area contributed by atoms with Crippen LogP contribution in [0, 0.1) is 0 Å². The van der Waals surface area contributed by atoms with E-state index in [0.29, 0.717) is 0 Å². The quantitative estimate of drug-likeness (QED) is 0.734. The lowest BCUT2D eigenvalue weighted by Gasteiger charge is -2.30. The third-order valence-electron chi connectivity index (χ3n) is 2.83. The molecule has 1 saturated heterocycles. The summed E-state index contributed by atoms with van der Waals surface area (Å²) in [5, 5.41) is 5.70. The molecule has 0 aliphatic carbocycles. The van der Waals surface area contributed by atoms with E-state index in [1.807, 2.05) is 12.3 Å². The summed E-state index contributed by atoms with van der Waals surface area (Å²) >= 11 is 0. The number of hydrogen-bond donors (Lipinski definition) is 1. The highest BCUT2D eigenvalue weighted by atomic mass is 15.6. The first kappa shape index (κ1) is 8.73. The van der Waals surface area contributed by atoms with Gasteiger partial charge in [0.25, 0.3) is 0 Å². The first-order valence-corrected chi connectivity index (χ1v) is 5.33. The zero-order valence-corrected chi connectivity index (χ0v) is 8.56. The van der Waals surface area contributed by atoms with Crippen LogP contribution >= 0.6 is 0 Å². The van der Waals surface area contributed by atoms with Crippen molar-refractivity contribution in [3.8, 4) is 0 Å². The molecule has 4 nitrogen and oxygen atoms in total. The summed E-state index contributed by atoms with van der Waals surface area (Å²) in [5.74, 6) is 0. The molecule has 15 heavy (non-hydrogen) atoms. The SMILES string of the molecule is c1cnc2ccn(N3CCNCC3)c2c1. The van der Waals surface area contributed by atoms with Crippen LogP contribution < -0.4 is 10.3 Å². The van der Waals surface area contributed by atoms with Crippen LogP contribution in [0.4, 0.5) is 0 Å². The van der Waals surface area contributed by atoms with Crippen molar-refractivity contribution in [1.29, 1.82) is 0 Å². The molecule has 1 aliphatic heterocycles. The molecule has 1 aliphatic rings. The molecule has 0 saturated carbocycles. The largest absolute Gasteiger partial charge is 0.313 e. The zero-order chi connectivity index (χ0) is 10.1. The molecular formula is C11H14N4. The molecule has 1 N–H and O–H groups in total. The van der Waals surface area contributed by atoms with Gasteiger partial charge in [0.05, 0.1) is 11.0 Å². The zero-order valence-electron chi connectivity index (χ0n) is 8.56. The minimum absolute atomic E-state index is 1.05. The second kappa shape index (κ2) is 3.55. The maximum absolute atomic E-state index is 4.33. The Bertz CT molecular complexity index is 456. The molecule has 1 fully saturated rings. The summed E-state index contributed by atoms with van der Waals surface area (Å²) in [6.07, 6.45) is 3.94. The Morgan fingerprint density at radius 2 is 2.07 bits per heavy atom. The van der Waals surface area contributed by atoms with Crippen LogP contribution in [0.2, 0.25) is 0 Å². The number of fused-ring (bicyclic) bond motifs is 1. The fraction of sp³-hybridized carbons (Fsp3) is 0.364. The molecule has 0 unspecified atom stereocenters. The van der Waals surface area contributed by atoms with E-state index >= 15 is 0 Å². The third kappa shape index (κ3) is 1.47. The van der Waals surface area contributed by atoms with Crippen molar-refractivity contribution in [3.63, 3.8) is 0 Å². The van der Waals surface area contributed by atoms with Crippen LogP contribution in [0.3, 0.4) is 0 Å². The van der Waals surface area contributed by atoms with Gasteiger partial charge in [0.1, 0.15) is 0 Å². The smallest absolute Gasteiger partial charge is 0.0901 e. The molecule has 0 radical (unpaired) electrons. The van der Waals surface area contributed by atoms with E-state index in [4.69, 9.17) is 0 Å². The second-order valence-corrected chi connectivity index (χ2v) is 3.77. The monoisotopic (exact) mass is 202 g/mol. The van der Waals surface area contributed by atoms with Gasteiger partial charge in [-0.3, -0.25) is 9.66 Å². The number of nitrogens with one attached hydrogen (secondary N) is 1. The Hall–Kier alpha value is -1.55. The highest BCUT2D eigenvalue weighted by Crippen LogP contribution is 2.12. The van der Waals surface area contributed by atoms with Crippen LogP contribution in [0.15, 0.2) is 30.6 Å². The van der Waals surface area contributed by atoms with Crippen molar-refractivity contribution >= 4 is 11.0 Å². The molecule has 3 rings (SSSR count). The van der Waals surface area contributed by atoms with E-state index in [1.165, 1.54) is 5.52 Å². The standard InChI is InChI=1S/C11H14N4/c1-2-11-10(13-4-1)3-7-15(11)14-8-5-12-6-9-14/h1-4,7,12H,5-6,8-9H2. The van der Waals surface area contributed by atoms with Gasteiger partial charge in [-0.2, -0.15) is 0 Å². The second-order valence-electron chi connectivity index (χ2n) is 3.77. The minimum atomic E-state index is 1.05. The summed E-state index contributed by atoms with van der Waals surface area (Å²) in [4.78, 5) is 4.33. The van der Waals surface area contributed by atoms with Crippen LogP contribution in [0.25, 0.3) is 11.0 Å². The molecule has 2 aromatic heterocycles. The Labute approximate surface area is 88.5 Å². The van der Waals surface area contributed by atoms with Gasteiger partial charge in [0, 0.05) is 38.6 Å². The van der Waals surface area contributed by atoms with Gasteiger partial charge in [0.2, 0.25) is 0 Å². The topological polar surface area (TPSA) is 33.1 Å². The predicted molar refractivity (Wildman–Crippen MR) is 60.6 cm³/mol. The first-order chi connectivity index (χ1) is 7.45. The molecule has 78 valence electrons. The summed E-state index contributed by atoms with van der Waals surface area (Å²) in [5.41, 5.74) is 2.26. The van der Waals surface area contributed by atoms with Gasteiger partial charge < -0.3 is 10.3 Å². The average molecular weight is 202 g/mol. The number of piperazine rings is 1. The van der Waals surface area contributed by atoms with E-state index in [-0.39, 0.29) is 0 Å².